The fraction of sp³-hybridized carbons (Fsp3) is 0.240. The summed E-state index contributed by atoms with van der Waals surface area (Å²) in [6.07, 6.45) is 1.23. The van der Waals surface area contributed by atoms with E-state index in [4.69, 9.17) is 16.3 Å². The standard InChI is InChI=1S/C25H21ClO3/c1-25(2)12-19(28)24-21(13-25)29-20-10-5-15-11-17(27)8-9-18(15)23(20)22(24)14-3-6-16(26)7-4-14/h3-11,22,27H,12-13H2,1-2H3. The first-order valence-electron chi connectivity index (χ1n) is 9.78. The largest absolute Gasteiger partial charge is 0.508 e. The van der Waals surface area contributed by atoms with Crippen molar-refractivity contribution >= 4 is 28.2 Å². The van der Waals surface area contributed by atoms with Crippen molar-refractivity contribution in [1.82, 2.24) is 0 Å². The lowest BCUT2D eigenvalue weighted by atomic mass is 9.69. The molecule has 1 N–H and O–H groups in total. The highest BCUT2D eigenvalue weighted by Gasteiger charge is 2.42. The molecule has 4 heteroatoms. The van der Waals surface area contributed by atoms with E-state index in [-0.39, 0.29) is 22.9 Å². The van der Waals surface area contributed by atoms with Gasteiger partial charge in [-0.3, -0.25) is 4.79 Å². The number of benzene rings is 3. The average molecular weight is 405 g/mol. The number of Topliss-reactive ketones (excluding diaryl/α,β-unsaturated/α-hetero) is 1. The Bertz CT molecular complexity index is 1190. The topological polar surface area (TPSA) is 46.5 Å². The number of carbonyl (C=O) groups excluding carboxylic acids is 1. The second-order valence-corrected chi connectivity index (χ2v) is 9.18. The zero-order chi connectivity index (χ0) is 20.3. The molecule has 3 aromatic rings. The molecule has 0 saturated heterocycles. The van der Waals surface area contributed by atoms with Gasteiger partial charge in [0.2, 0.25) is 0 Å². The normalized spacial score (nSPS) is 20.2. The van der Waals surface area contributed by atoms with E-state index in [1.165, 1.54) is 0 Å². The number of phenols is 1. The minimum atomic E-state index is -0.220. The lowest BCUT2D eigenvalue weighted by molar-refractivity contribution is -0.118. The Labute approximate surface area is 174 Å². The predicted octanol–water partition coefficient (Wildman–Crippen LogP) is 6.37. The number of fused-ring (bicyclic) bond motifs is 3. The van der Waals surface area contributed by atoms with E-state index in [1.807, 2.05) is 42.5 Å². The summed E-state index contributed by atoms with van der Waals surface area (Å²) in [5.74, 6) is 1.68. The van der Waals surface area contributed by atoms with Crippen LogP contribution >= 0.6 is 11.6 Å². The first kappa shape index (κ1) is 18.3. The van der Waals surface area contributed by atoms with Crippen molar-refractivity contribution in [2.75, 3.05) is 0 Å². The molecule has 29 heavy (non-hydrogen) atoms. The lowest BCUT2D eigenvalue weighted by Crippen LogP contribution is -2.33. The minimum Gasteiger partial charge on any atom is -0.508 e. The summed E-state index contributed by atoms with van der Waals surface area (Å²) in [6, 6.07) is 16.9. The van der Waals surface area contributed by atoms with Gasteiger partial charge in [0.25, 0.3) is 0 Å². The van der Waals surface area contributed by atoms with Crippen LogP contribution in [0.15, 0.2) is 65.9 Å². The molecule has 0 bridgehead atoms. The van der Waals surface area contributed by atoms with E-state index in [0.29, 0.717) is 11.4 Å². The van der Waals surface area contributed by atoms with E-state index in [0.717, 1.165) is 45.4 Å². The van der Waals surface area contributed by atoms with Crippen molar-refractivity contribution in [2.45, 2.75) is 32.6 Å². The molecule has 3 nitrogen and oxygen atoms in total. The number of halogens is 1. The number of allylic oxidation sites excluding steroid dienone is 2. The van der Waals surface area contributed by atoms with Gasteiger partial charge in [-0.1, -0.05) is 49.7 Å². The van der Waals surface area contributed by atoms with E-state index < -0.39 is 0 Å². The molecule has 5 rings (SSSR count). The Morgan fingerprint density at radius 1 is 1.03 bits per heavy atom. The third kappa shape index (κ3) is 3.01. The number of carbonyl (C=O) groups is 1. The van der Waals surface area contributed by atoms with Gasteiger partial charge in [-0.15, -0.1) is 0 Å². The molecule has 1 aliphatic carbocycles. The number of ketones is 1. The van der Waals surface area contributed by atoms with Crippen molar-refractivity contribution in [1.29, 1.82) is 0 Å². The predicted molar refractivity (Wildman–Crippen MR) is 115 cm³/mol. The summed E-state index contributed by atoms with van der Waals surface area (Å²) in [4.78, 5) is 13.3. The van der Waals surface area contributed by atoms with E-state index in [2.05, 4.69) is 13.8 Å². The number of hydrogen-bond acceptors (Lipinski definition) is 3. The highest BCUT2D eigenvalue weighted by Crippen LogP contribution is 2.52. The van der Waals surface area contributed by atoms with Crippen LogP contribution in [0.25, 0.3) is 10.8 Å². The summed E-state index contributed by atoms with van der Waals surface area (Å²) in [7, 11) is 0. The molecule has 3 aromatic carbocycles. The molecule has 0 aromatic heterocycles. The molecule has 1 atom stereocenters. The second kappa shape index (κ2) is 6.36. The van der Waals surface area contributed by atoms with Crippen LogP contribution in [0.2, 0.25) is 5.02 Å². The van der Waals surface area contributed by atoms with Crippen LogP contribution < -0.4 is 4.74 Å². The minimum absolute atomic E-state index is 0.124. The molecule has 1 heterocycles. The van der Waals surface area contributed by atoms with Gasteiger partial charge in [0.1, 0.15) is 17.3 Å². The van der Waals surface area contributed by atoms with Gasteiger partial charge >= 0.3 is 0 Å². The Morgan fingerprint density at radius 2 is 1.79 bits per heavy atom. The molecule has 0 spiro atoms. The third-order valence-electron chi connectivity index (χ3n) is 5.90. The fourth-order valence-corrected chi connectivity index (χ4v) is 4.79. The zero-order valence-corrected chi connectivity index (χ0v) is 17.1. The van der Waals surface area contributed by atoms with Crippen LogP contribution in [0.5, 0.6) is 11.5 Å². The quantitative estimate of drug-likeness (QED) is 0.512. The van der Waals surface area contributed by atoms with Crippen LogP contribution in [0.3, 0.4) is 0 Å². The Hall–Kier alpha value is -2.78. The Morgan fingerprint density at radius 3 is 2.55 bits per heavy atom. The first-order chi connectivity index (χ1) is 13.8. The molecule has 1 unspecified atom stereocenters. The Balaban J connectivity index is 1.81. The smallest absolute Gasteiger partial charge is 0.163 e. The third-order valence-corrected chi connectivity index (χ3v) is 6.15. The van der Waals surface area contributed by atoms with E-state index in [9.17, 15) is 9.90 Å². The maximum atomic E-state index is 13.3. The van der Waals surface area contributed by atoms with Crippen molar-refractivity contribution < 1.29 is 14.6 Å². The van der Waals surface area contributed by atoms with Crippen LogP contribution in [0.4, 0.5) is 0 Å². The van der Waals surface area contributed by atoms with E-state index in [1.54, 1.807) is 12.1 Å². The maximum absolute atomic E-state index is 13.3. The molecule has 0 saturated carbocycles. The fourth-order valence-electron chi connectivity index (χ4n) is 4.66. The van der Waals surface area contributed by atoms with Gasteiger partial charge in [-0.25, -0.2) is 0 Å². The molecular weight excluding hydrogens is 384 g/mol. The molecule has 0 fully saturated rings. The zero-order valence-electron chi connectivity index (χ0n) is 16.3. The molecule has 1 aliphatic heterocycles. The molecular formula is C25H21ClO3. The number of phenolic OH excluding ortho intramolecular Hbond substituents is 1. The van der Waals surface area contributed by atoms with Gasteiger partial charge < -0.3 is 9.84 Å². The van der Waals surface area contributed by atoms with Crippen LogP contribution in [0, 0.1) is 5.41 Å². The maximum Gasteiger partial charge on any atom is 0.163 e. The SMILES string of the molecule is CC1(C)CC(=O)C2=C(C1)Oc1ccc3cc(O)ccc3c1C2c1ccc(Cl)cc1. The van der Waals surface area contributed by atoms with Crippen LogP contribution in [-0.2, 0) is 4.79 Å². The van der Waals surface area contributed by atoms with Gasteiger partial charge in [0.05, 0.1) is 0 Å². The van der Waals surface area contributed by atoms with Gasteiger partial charge in [-0.05, 0) is 52.1 Å². The highest BCUT2D eigenvalue weighted by molar-refractivity contribution is 6.30. The number of hydrogen-bond donors (Lipinski definition) is 1. The summed E-state index contributed by atoms with van der Waals surface area (Å²) in [6.45, 7) is 4.21. The lowest BCUT2D eigenvalue weighted by Gasteiger charge is -2.38. The molecule has 146 valence electrons. The van der Waals surface area contributed by atoms with Crippen molar-refractivity contribution in [3.8, 4) is 11.5 Å². The summed E-state index contributed by atoms with van der Waals surface area (Å²) in [5.41, 5.74) is 2.61. The van der Waals surface area contributed by atoms with E-state index >= 15 is 0 Å². The van der Waals surface area contributed by atoms with Crippen molar-refractivity contribution in [2.24, 2.45) is 5.41 Å². The molecule has 0 radical (unpaired) electrons. The van der Waals surface area contributed by atoms with Crippen LogP contribution in [-0.4, -0.2) is 10.9 Å². The first-order valence-corrected chi connectivity index (χ1v) is 10.2. The number of ether oxygens (including phenoxy) is 1. The van der Waals surface area contributed by atoms with Gasteiger partial charge in [0.15, 0.2) is 5.78 Å². The highest BCUT2D eigenvalue weighted by atomic mass is 35.5. The van der Waals surface area contributed by atoms with Crippen molar-refractivity contribution in [3.63, 3.8) is 0 Å². The average Bonchev–Trinajstić information content (AvgIpc) is 2.66. The summed E-state index contributed by atoms with van der Waals surface area (Å²) < 4.78 is 6.33. The summed E-state index contributed by atoms with van der Waals surface area (Å²) >= 11 is 6.14. The Kier molecular flexibility index (Phi) is 4.01. The van der Waals surface area contributed by atoms with Crippen LogP contribution in [0.1, 0.15) is 43.7 Å². The van der Waals surface area contributed by atoms with Crippen molar-refractivity contribution in [3.05, 3.63) is 82.1 Å². The van der Waals surface area contributed by atoms with Gasteiger partial charge in [0, 0.05) is 34.9 Å². The monoisotopic (exact) mass is 404 g/mol. The molecule has 2 aliphatic rings. The number of aromatic hydroxyl groups is 1. The second-order valence-electron chi connectivity index (χ2n) is 8.75. The number of rotatable bonds is 1. The van der Waals surface area contributed by atoms with Gasteiger partial charge in [-0.2, -0.15) is 0 Å². The molecule has 0 amide bonds. The summed E-state index contributed by atoms with van der Waals surface area (Å²) in [5, 5.41) is 12.5.